The van der Waals surface area contributed by atoms with E-state index >= 15 is 0 Å². The third kappa shape index (κ3) is 3.52. The summed E-state index contributed by atoms with van der Waals surface area (Å²) in [5.41, 5.74) is 0.168. The van der Waals surface area contributed by atoms with Crippen LogP contribution in [0.3, 0.4) is 0 Å². The first-order valence-electron chi connectivity index (χ1n) is 7.41. The Morgan fingerprint density at radius 2 is 1.74 bits per heavy atom. The zero-order valence-electron chi connectivity index (χ0n) is 14.5. The van der Waals surface area contributed by atoms with E-state index in [2.05, 4.69) is 0 Å². The van der Waals surface area contributed by atoms with Gasteiger partial charge in [-0.3, -0.25) is 0 Å². The fourth-order valence-electron chi connectivity index (χ4n) is 2.19. The SMILES string of the molecule is COCOc1cc(C(=O)OC)ccc1B1OC(C)(C)C(C)(C)O1. The smallest absolute Gasteiger partial charge is 0.468 e. The van der Waals surface area contributed by atoms with E-state index in [1.165, 1.54) is 14.2 Å². The lowest BCUT2D eigenvalue weighted by Crippen LogP contribution is -2.41. The number of methoxy groups -OCH3 is 2. The third-order valence-electron chi connectivity index (χ3n) is 4.27. The third-order valence-corrected chi connectivity index (χ3v) is 4.27. The maximum Gasteiger partial charge on any atom is 0.498 e. The van der Waals surface area contributed by atoms with Gasteiger partial charge in [0.15, 0.2) is 6.79 Å². The Morgan fingerprint density at radius 1 is 1.13 bits per heavy atom. The van der Waals surface area contributed by atoms with Crippen LogP contribution in [0.1, 0.15) is 38.1 Å². The molecule has 7 heteroatoms. The van der Waals surface area contributed by atoms with E-state index in [0.717, 1.165) is 0 Å². The van der Waals surface area contributed by atoms with Gasteiger partial charge in [-0.15, -0.1) is 0 Å². The second-order valence-electron chi connectivity index (χ2n) is 6.38. The Labute approximate surface area is 137 Å². The monoisotopic (exact) mass is 322 g/mol. The van der Waals surface area contributed by atoms with Gasteiger partial charge in [-0.05, 0) is 39.8 Å². The highest BCUT2D eigenvalue weighted by molar-refractivity contribution is 6.63. The molecular weight excluding hydrogens is 299 g/mol. The van der Waals surface area contributed by atoms with E-state index in [4.69, 9.17) is 23.5 Å². The molecule has 1 fully saturated rings. The van der Waals surface area contributed by atoms with Gasteiger partial charge in [-0.2, -0.15) is 0 Å². The molecule has 1 saturated heterocycles. The normalized spacial score (nSPS) is 18.8. The number of rotatable bonds is 5. The Hall–Kier alpha value is -1.57. The van der Waals surface area contributed by atoms with Crippen LogP contribution < -0.4 is 10.2 Å². The molecule has 1 aliphatic rings. The average molecular weight is 322 g/mol. The quantitative estimate of drug-likeness (QED) is 0.468. The summed E-state index contributed by atoms with van der Waals surface area (Å²) in [6.45, 7) is 7.96. The molecule has 0 aliphatic carbocycles. The van der Waals surface area contributed by atoms with Gasteiger partial charge in [-0.25, -0.2) is 4.79 Å². The highest BCUT2D eigenvalue weighted by Gasteiger charge is 2.52. The highest BCUT2D eigenvalue weighted by atomic mass is 16.7. The number of carbonyl (C=O) groups is 1. The van der Waals surface area contributed by atoms with Crippen LogP contribution in [0.15, 0.2) is 18.2 Å². The number of carbonyl (C=O) groups excluding carboxylic acids is 1. The van der Waals surface area contributed by atoms with Crippen LogP contribution in [0.5, 0.6) is 5.75 Å². The Balaban J connectivity index is 2.36. The maximum absolute atomic E-state index is 11.7. The molecule has 0 atom stereocenters. The number of benzene rings is 1. The predicted octanol–water partition coefficient (Wildman–Crippen LogP) is 1.76. The molecule has 2 rings (SSSR count). The molecule has 0 aromatic heterocycles. The molecule has 0 saturated carbocycles. The molecule has 0 amide bonds. The summed E-state index contributed by atoms with van der Waals surface area (Å²) in [4.78, 5) is 11.7. The molecule has 6 nitrogen and oxygen atoms in total. The summed E-state index contributed by atoms with van der Waals surface area (Å²) in [6.07, 6.45) is 0. The zero-order valence-corrected chi connectivity index (χ0v) is 14.5. The van der Waals surface area contributed by atoms with Crippen molar-refractivity contribution >= 4 is 18.6 Å². The molecule has 0 N–H and O–H groups in total. The van der Waals surface area contributed by atoms with E-state index in [-0.39, 0.29) is 6.79 Å². The van der Waals surface area contributed by atoms with Gasteiger partial charge < -0.3 is 23.5 Å². The van der Waals surface area contributed by atoms with Crippen molar-refractivity contribution in [1.29, 1.82) is 0 Å². The summed E-state index contributed by atoms with van der Waals surface area (Å²) < 4.78 is 27.3. The number of hydrogen-bond acceptors (Lipinski definition) is 6. The van der Waals surface area contributed by atoms with E-state index in [9.17, 15) is 4.79 Å². The van der Waals surface area contributed by atoms with E-state index in [1.54, 1.807) is 18.2 Å². The fraction of sp³-hybridized carbons (Fsp3) is 0.562. The first kappa shape index (κ1) is 17.8. The Morgan fingerprint density at radius 3 is 2.26 bits per heavy atom. The largest absolute Gasteiger partial charge is 0.498 e. The summed E-state index contributed by atoms with van der Waals surface area (Å²) >= 11 is 0. The average Bonchev–Trinajstić information content (AvgIpc) is 2.72. The first-order chi connectivity index (χ1) is 10.7. The van der Waals surface area contributed by atoms with Gasteiger partial charge in [0.2, 0.25) is 0 Å². The summed E-state index contributed by atoms with van der Waals surface area (Å²) in [5.74, 6) is 0.0287. The topological polar surface area (TPSA) is 63.2 Å². The van der Waals surface area contributed by atoms with Crippen molar-refractivity contribution in [3.8, 4) is 5.75 Å². The standard InChI is InChI=1S/C16H23BO6/c1-15(2)16(3,4)23-17(22-15)12-8-7-11(14(18)20-6)9-13(12)21-10-19-5/h7-9H,10H2,1-6H3. The minimum atomic E-state index is -0.585. The van der Waals surface area contributed by atoms with Crippen LogP contribution in [0.2, 0.25) is 0 Å². The molecular formula is C16H23BO6. The van der Waals surface area contributed by atoms with Gasteiger partial charge in [0.1, 0.15) is 5.75 Å². The zero-order chi connectivity index (χ0) is 17.3. The molecule has 1 heterocycles. The molecule has 0 unspecified atom stereocenters. The fourth-order valence-corrected chi connectivity index (χ4v) is 2.19. The Kier molecular flexibility index (Phi) is 5.03. The Bertz CT molecular complexity index is 568. The van der Waals surface area contributed by atoms with E-state index in [0.29, 0.717) is 16.8 Å². The molecule has 0 spiro atoms. The minimum absolute atomic E-state index is 0.0527. The maximum atomic E-state index is 11.7. The summed E-state index contributed by atoms with van der Waals surface area (Å²) in [6, 6.07) is 5.01. The van der Waals surface area contributed by atoms with Crippen molar-refractivity contribution in [2.45, 2.75) is 38.9 Å². The lowest BCUT2D eigenvalue weighted by Gasteiger charge is -2.32. The molecule has 0 radical (unpaired) electrons. The molecule has 0 bridgehead atoms. The van der Waals surface area contributed by atoms with Gasteiger partial charge >= 0.3 is 13.1 Å². The van der Waals surface area contributed by atoms with Crippen molar-refractivity contribution in [3.05, 3.63) is 23.8 Å². The van der Waals surface area contributed by atoms with Crippen molar-refractivity contribution in [2.75, 3.05) is 21.0 Å². The number of esters is 1. The van der Waals surface area contributed by atoms with Gasteiger partial charge in [0, 0.05) is 12.6 Å². The molecule has 23 heavy (non-hydrogen) atoms. The van der Waals surface area contributed by atoms with Crippen molar-refractivity contribution in [1.82, 2.24) is 0 Å². The van der Waals surface area contributed by atoms with E-state index in [1.807, 2.05) is 27.7 Å². The van der Waals surface area contributed by atoms with Crippen LogP contribution in [0.4, 0.5) is 0 Å². The minimum Gasteiger partial charge on any atom is -0.468 e. The van der Waals surface area contributed by atoms with Crippen molar-refractivity contribution < 1.29 is 28.3 Å². The lowest BCUT2D eigenvalue weighted by molar-refractivity contribution is 0.00578. The highest BCUT2D eigenvalue weighted by Crippen LogP contribution is 2.37. The summed E-state index contributed by atoms with van der Waals surface area (Å²) in [5, 5.41) is 0. The van der Waals surface area contributed by atoms with Crippen molar-refractivity contribution in [3.63, 3.8) is 0 Å². The lowest BCUT2D eigenvalue weighted by atomic mass is 9.78. The predicted molar refractivity (Wildman–Crippen MR) is 86.0 cm³/mol. The van der Waals surface area contributed by atoms with Crippen molar-refractivity contribution in [2.24, 2.45) is 0 Å². The van der Waals surface area contributed by atoms with Crippen LogP contribution in [-0.2, 0) is 18.8 Å². The van der Waals surface area contributed by atoms with Crippen LogP contribution in [-0.4, -0.2) is 45.3 Å². The second kappa shape index (κ2) is 6.51. The van der Waals surface area contributed by atoms with Gasteiger partial charge in [0.25, 0.3) is 0 Å². The number of hydrogen-bond donors (Lipinski definition) is 0. The van der Waals surface area contributed by atoms with Gasteiger partial charge in [-0.1, -0.05) is 6.07 Å². The first-order valence-corrected chi connectivity index (χ1v) is 7.41. The van der Waals surface area contributed by atoms with Crippen LogP contribution in [0, 0.1) is 0 Å². The molecule has 126 valence electrons. The summed E-state index contributed by atoms with van der Waals surface area (Å²) in [7, 11) is 2.28. The molecule has 1 aliphatic heterocycles. The van der Waals surface area contributed by atoms with Gasteiger partial charge in [0.05, 0.1) is 23.9 Å². The van der Waals surface area contributed by atoms with Crippen LogP contribution in [0.25, 0.3) is 0 Å². The number of ether oxygens (including phenoxy) is 3. The molecule has 1 aromatic rings. The van der Waals surface area contributed by atoms with E-state index < -0.39 is 24.3 Å². The second-order valence-corrected chi connectivity index (χ2v) is 6.38. The van der Waals surface area contributed by atoms with Crippen LogP contribution >= 0.6 is 0 Å². The molecule has 1 aromatic carbocycles.